The summed E-state index contributed by atoms with van der Waals surface area (Å²) in [5.74, 6) is -0.355. The van der Waals surface area contributed by atoms with Crippen LogP contribution in [-0.2, 0) is 35.5 Å². The SMILES string of the molecule is O=C(NCc1ccc(Cn2cncn2)cc1)C1CC(=O)N(c2ccc3c(c2)CCC3)C1. The number of aromatic nitrogens is 3. The van der Waals surface area contributed by atoms with Crippen LogP contribution in [0.3, 0.4) is 0 Å². The van der Waals surface area contributed by atoms with Gasteiger partial charge in [-0.25, -0.2) is 9.67 Å². The van der Waals surface area contributed by atoms with E-state index in [0.29, 0.717) is 19.6 Å². The van der Waals surface area contributed by atoms with Crippen LogP contribution in [-0.4, -0.2) is 33.1 Å². The van der Waals surface area contributed by atoms with Crippen LogP contribution in [0.2, 0.25) is 0 Å². The van der Waals surface area contributed by atoms with Crippen molar-refractivity contribution in [3.63, 3.8) is 0 Å². The van der Waals surface area contributed by atoms with E-state index in [0.717, 1.165) is 29.7 Å². The number of anilines is 1. The lowest BCUT2D eigenvalue weighted by Crippen LogP contribution is -2.32. The molecule has 0 spiro atoms. The molecule has 3 aromatic rings. The van der Waals surface area contributed by atoms with E-state index in [1.54, 1.807) is 15.9 Å². The number of amides is 2. The van der Waals surface area contributed by atoms with Crippen LogP contribution in [0.15, 0.2) is 55.1 Å². The maximum absolute atomic E-state index is 12.7. The second-order valence-electron chi connectivity index (χ2n) is 8.34. The van der Waals surface area contributed by atoms with Gasteiger partial charge in [-0.2, -0.15) is 5.10 Å². The molecule has 2 aliphatic rings. The maximum Gasteiger partial charge on any atom is 0.227 e. The third-order valence-electron chi connectivity index (χ3n) is 6.19. The van der Waals surface area contributed by atoms with Gasteiger partial charge < -0.3 is 10.2 Å². The molecule has 2 aromatic carbocycles. The zero-order valence-corrected chi connectivity index (χ0v) is 17.3. The Kier molecular flexibility index (Phi) is 5.24. The summed E-state index contributed by atoms with van der Waals surface area (Å²) in [6, 6.07) is 14.3. The highest BCUT2D eigenvalue weighted by Crippen LogP contribution is 2.30. The van der Waals surface area contributed by atoms with Crippen LogP contribution < -0.4 is 10.2 Å². The van der Waals surface area contributed by atoms with Gasteiger partial charge in [0.1, 0.15) is 12.7 Å². The Bertz CT molecular complexity index is 1090. The van der Waals surface area contributed by atoms with Crippen molar-refractivity contribution in [3.05, 3.63) is 77.4 Å². The molecular formula is C24H25N5O2. The Morgan fingerprint density at radius 3 is 2.68 bits per heavy atom. The van der Waals surface area contributed by atoms with Gasteiger partial charge in [-0.3, -0.25) is 9.59 Å². The first-order chi connectivity index (χ1) is 15.2. The molecule has 31 heavy (non-hydrogen) atoms. The van der Waals surface area contributed by atoms with E-state index in [4.69, 9.17) is 0 Å². The van der Waals surface area contributed by atoms with Crippen LogP contribution in [0.25, 0.3) is 0 Å². The average molecular weight is 415 g/mol. The molecule has 0 radical (unpaired) electrons. The summed E-state index contributed by atoms with van der Waals surface area (Å²) in [4.78, 5) is 31.0. The first-order valence-electron chi connectivity index (χ1n) is 10.8. The van der Waals surface area contributed by atoms with Gasteiger partial charge in [0.25, 0.3) is 0 Å². The zero-order valence-electron chi connectivity index (χ0n) is 17.3. The van der Waals surface area contributed by atoms with Gasteiger partial charge in [-0.05, 0) is 53.6 Å². The number of carbonyl (C=O) groups excluding carboxylic acids is 2. The van der Waals surface area contributed by atoms with E-state index in [2.05, 4.69) is 27.5 Å². The fourth-order valence-electron chi connectivity index (χ4n) is 4.46. The summed E-state index contributed by atoms with van der Waals surface area (Å²) in [6.45, 7) is 1.56. The molecule has 1 unspecified atom stereocenters. The normalized spacial score (nSPS) is 17.7. The minimum atomic E-state index is -0.313. The Hall–Kier alpha value is -3.48. The van der Waals surface area contributed by atoms with Gasteiger partial charge in [0.2, 0.25) is 11.8 Å². The van der Waals surface area contributed by atoms with Crippen LogP contribution in [0, 0.1) is 5.92 Å². The van der Waals surface area contributed by atoms with Crippen LogP contribution in [0.4, 0.5) is 5.69 Å². The summed E-state index contributed by atoms with van der Waals surface area (Å²) in [7, 11) is 0. The molecule has 1 N–H and O–H groups in total. The van der Waals surface area contributed by atoms with E-state index in [-0.39, 0.29) is 24.2 Å². The number of nitrogens with one attached hydrogen (secondary N) is 1. The molecule has 7 heteroatoms. The zero-order chi connectivity index (χ0) is 21.2. The van der Waals surface area contributed by atoms with Gasteiger partial charge in [-0.15, -0.1) is 0 Å². The summed E-state index contributed by atoms with van der Waals surface area (Å²) < 4.78 is 1.76. The third-order valence-corrected chi connectivity index (χ3v) is 6.19. The molecule has 158 valence electrons. The largest absolute Gasteiger partial charge is 0.352 e. The van der Waals surface area contributed by atoms with Gasteiger partial charge in [0, 0.05) is 25.2 Å². The Morgan fingerprint density at radius 2 is 1.87 bits per heavy atom. The van der Waals surface area contributed by atoms with Crippen molar-refractivity contribution in [1.82, 2.24) is 20.1 Å². The molecule has 0 bridgehead atoms. The number of carbonyl (C=O) groups is 2. The van der Waals surface area contributed by atoms with Crippen molar-refractivity contribution >= 4 is 17.5 Å². The molecular weight excluding hydrogens is 390 g/mol. The molecule has 7 nitrogen and oxygen atoms in total. The first-order valence-corrected chi connectivity index (χ1v) is 10.8. The predicted octanol–water partition coefficient (Wildman–Crippen LogP) is 2.48. The molecule has 1 fully saturated rings. The Morgan fingerprint density at radius 1 is 1.06 bits per heavy atom. The smallest absolute Gasteiger partial charge is 0.227 e. The van der Waals surface area contributed by atoms with E-state index in [9.17, 15) is 9.59 Å². The molecule has 2 heterocycles. The predicted molar refractivity (Wildman–Crippen MR) is 116 cm³/mol. The highest BCUT2D eigenvalue weighted by Gasteiger charge is 2.35. The fourth-order valence-corrected chi connectivity index (χ4v) is 4.46. The third kappa shape index (κ3) is 4.21. The van der Waals surface area contributed by atoms with Crippen LogP contribution in [0.1, 0.15) is 35.1 Å². The van der Waals surface area contributed by atoms with Crippen molar-refractivity contribution in [3.8, 4) is 0 Å². The van der Waals surface area contributed by atoms with Gasteiger partial charge in [0.15, 0.2) is 0 Å². The lowest BCUT2D eigenvalue weighted by molar-refractivity contribution is -0.126. The van der Waals surface area contributed by atoms with E-state index < -0.39 is 0 Å². The monoisotopic (exact) mass is 415 g/mol. The van der Waals surface area contributed by atoms with E-state index in [1.165, 1.54) is 23.9 Å². The maximum atomic E-state index is 12.7. The number of hydrogen-bond donors (Lipinski definition) is 1. The van der Waals surface area contributed by atoms with Gasteiger partial charge in [0.05, 0.1) is 12.5 Å². The number of hydrogen-bond acceptors (Lipinski definition) is 4. The quantitative estimate of drug-likeness (QED) is 0.671. The van der Waals surface area contributed by atoms with Crippen molar-refractivity contribution in [2.45, 2.75) is 38.8 Å². The van der Waals surface area contributed by atoms with Crippen molar-refractivity contribution < 1.29 is 9.59 Å². The standard InChI is InChI=1S/C24H25N5O2/c30-23-11-21(14-29(23)22-9-8-19-2-1-3-20(19)10-22)24(31)26-12-17-4-6-18(7-5-17)13-28-16-25-15-27-28/h4-10,15-16,21H,1-3,11-14H2,(H,26,31). The summed E-state index contributed by atoms with van der Waals surface area (Å²) >= 11 is 0. The number of nitrogens with zero attached hydrogens (tertiary/aromatic N) is 4. The van der Waals surface area contributed by atoms with Crippen LogP contribution >= 0.6 is 0 Å². The van der Waals surface area contributed by atoms with Crippen molar-refractivity contribution in [1.29, 1.82) is 0 Å². The summed E-state index contributed by atoms with van der Waals surface area (Å²) in [5, 5.41) is 7.10. The second kappa shape index (κ2) is 8.34. The Balaban J connectivity index is 1.16. The second-order valence-corrected chi connectivity index (χ2v) is 8.34. The highest BCUT2D eigenvalue weighted by molar-refractivity contribution is 6.00. The lowest BCUT2D eigenvalue weighted by atomic mass is 10.1. The highest BCUT2D eigenvalue weighted by atomic mass is 16.2. The number of fused-ring (bicyclic) bond motifs is 1. The minimum Gasteiger partial charge on any atom is -0.352 e. The fraction of sp³-hybridized carbons (Fsp3) is 0.333. The van der Waals surface area contributed by atoms with Gasteiger partial charge in [-0.1, -0.05) is 30.3 Å². The lowest BCUT2D eigenvalue weighted by Gasteiger charge is -2.18. The number of aryl methyl sites for hydroxylation is 2. The molecule has 1 aliphatic heterocycles. The molecule has 1 saturated heterocycles. The van der Waals surface area contributed by atoms with E-state index >= 15 is 0 Å². The van der Waals surface area contributed by atoms with Crippen molar-refractivity contribution in [2.24, 2.45) is 5.92 Å². The summed E-state index contributed by atoms with van der Waals surface area (Å²) in [5.41, 5.74) is 5.79. The van der Waals surface area contributed by atoms with Gasteiger partial charge >= 0.3 is 0 Å². The molecule has 5 rings (SSSR count). The average Bonchev–Trinajstić information content (AvgIpc) is 3.53. The first kappa shape index (κ1) is 19.5. The number of benzene rings is 2. The molecule has 0 saturated carbocycles. The minimum absolute atomic E-state index is 0.0237. The van der Waals surface area contributed by atoms with E-state index in [1.807, 2.05) is 30.3 Å². The number of rotatable bonds is 6. The molecule has 1 aliphatic carbocycles. The molecule has 1 atom stereocenters. The molecule has 2 amide bonds. The van der Waals surface area contributed by atoms with Crippen LogP contribution in [0.5, 0.6) is 0 Å². The van der Waals surface area contributed by atoms with Crippen molar-refractivity contribution in [2.75, 3.05) is 11.4 Å². The summed E-state index contributed by atoms with van der Waals surface area (Å²) in [6.07, 6.45) is 6.84. The topological polar surface area (TPSA) is 80.1 Å². The Labute approximate surface area is 181 Å². The molecule has 1 aromatic heterocycles.